The van der Waals surface area contributed by atoms with E-state index in [2.05, 4.69) is 30.9 Å². The van der Waals surface area contributed by atoms with Gasteiger partial charge in [-0.05, 0) is 59.1 Å². The Kier molecular flexibility index (Phi) is 8.86. The summed E-state index contributed by atoms with van der Waals surface area (Å²) in [4.78, 5) is 37.1. The number of halogens is 1. The molecule has 21 heteroatoms. The number of nitrogens with two attached hydrogens (primary N) is 1. The van der Waals surface area contributed by atoms with Crippen molar-refractivity contribution in [3.05, 3.63) is 100 Å². The second kappa shape index (κ2) is 12.8. The third-order valence-corrected chi connectivity index (χ3v) is 9.86. The number of hydrogen-bond acceptors (Lipinski definition) is 15. The number of carbonyl (C=O) groups excluding carboxylic acids is 2. The molecule has 0 fully saturated rings. The molecule has 0 amide bonds. The molecule has 256 valence electrons. The zero-order valence-electron chi connectivity index (χ0n) is 24.6. The van der Waals surface area contributed by atoms with Gasteiger partial charge in [0.15, 0.2) is 11.6 Å². The Morgan fingerprint density at radius 2 is 1.26 bits per heavy atom. The van der Waals surface area contributed by atoms with Crippen LogP contribution in [0.15, 0.2) is 87.5 Å². The molecule has 1 aliphatic carbocycles. The first kappa shape index (κ1) is 34.5. The minimum Gasteiger partial charge on any atom is -0.768 e. The lowest BCUT2D eigenvalue weighted by atomic mass is 9.82. The molecule has 0 spiro atoms. The molecule has 0 saturated carbocycles. The molecular weight excluding hydrogens is 738 g/mol. The number of ketones is 2. The van der Waals surface area contributed by atoms with E-state index in [1.165, 1.54) is 48.5 Å². The maximum Gasteiger partial charge on any atom is 0.296 e. The van der Waals surface area contributed by atoms with Crippen LogP contribution in [0.2, 0.25) is 5.28 Å². The van der Waals surface area contributed by atoms with Crippen molar-refractivity contribution in [2.24, 2.45) is 0 Å². The third-order valence-electron chi connectivity index (χ3n) is 7.18. The average Bonchev–Trinajstić information content (AvgIpc) is 3.03. The van der Waals surface area contributed by atoms with Crippen molar-refractivity contribution in [2.75, 3.05) is 21.7 Å². The fraction of sp³-hybridized carbons (Fsp3) is 0. The van der Waals surface area contributed by atoms with Crippen LogP contribution in [-0.2, 0) is 31.3 Å². The van der Waals surface area contributed by atoms with E-state index in [9.17, 15) is 44.3 Å². The number of hydrogen-bond donors (Lipinski definition) is 6. The van der Waals surface area contributed by atoms with Gasteiger partial charge in [0.05, 0.1) is 33.9 Å². The first-order chi connectivity index (χ1) is 23.5. The highest BCUT2D eigenvalue weighted by molar-refractivity contribution is 7.86. The van der Waals surface area contributed by atoms with Crippen LogP contribution in [0.4, 0.5) is 40.3 Å². The molecule has 0 aliphatic heterocycles. The molecule has 1 unspecified atom stereocenters. The van der Waals surface area contributed by atoms with Crippen LogP contribution in [-0.4, -0.2) is 61.2 Å². The molecule has 1 atom stereocenters. The summed E-state index contributed by atoms with van der Waals surface area (Å²) in [7, 11) is -10.1. The van der Waals surface area contributed by atoms with E-state index in [1.54, 1.807) is 6.07 Å². The molecule has 1 aliphatic rings. The molecule has 5 aromatic rings. The van der Waals surface area contributed by atoms with Gasteiger partial charge in [0.2, 0.25) is 17.2 Å². The Morgan fingerprint density at radius 3 is 1.86 bits per heavy atom. The van der Waals surface area contributed by atoms with Gasteiger partial charge in [-0.25, -0.2) is 0 Å². The van der Waals surface area contributed by atoms with Crippen molar-refractivity contribution < 1.29 is 44.3 Å². The zero-order valence-corrected chi connectivity index (χ0v) is 27.8. The van der Waals surface area contributed by atoms with Crippen molar-refractivity contribution in [1.82, 2.24) is 15.0 Å². The number of carbonyl (C=O) groups is 2. The Morgan fingerprint density at radius 1 is 0.700 bits per heavy atom. The van der Waals surface area contributed by atoms with Crippen molar-refractivity contribution in [2.45, 2.75) is 14.7 Å². The Labute approximate surface area is 289 Å². The van der Waals surface area contributed by atoms with Crippen molar-refractivity contribution in [1.29, 1.82) is 0 Å². The number of nitrogen functional groups attached to an aromatic ring is 1. The number of fused-ring (bicyclic) bond motifs is 2. The van der Waals surface area contributed by atoms with Gasteiger partial charge in [-0.2, -0.15) is 31.8 Å². The predicted molar refractivity (Wildman–Crippen MR) is 179 cm³/mol. The lowest BCUT2D eigenvalue weighted by molar-refractivity contribution is 0.0980. The van der Waals surface area contributed by atoms with Crippen LogP contribution in [0.25, 0.3) is 0 Å². The number of nitrogens with one attached hydrogen (secondary N) is 3. The van der Waals surface area contributed by atoms with Gasteiger partial charge in [-0.3, -0.25) is 22.9 Å². The Balaban J connectivity index is 1.40. The summed E-state index contributed by atoms with van der Waals surface area (Å²) in [5.41, 5.74) is 3.72. The summed E-state index contributed by atoms with van der Waals surface area (Å²) >= 11 is 3.41. The number of para-hydroxylation sites is 1. The lowest BCUT2D eigenvalue weighted by Crippen LogP contribution is -2.25. The van der Waals surface area contributed by atoms with Gasteiger partial charge in [0.1, 0.15) is 9.79 Å². The summed E-state index contributed by atoms with van der Waals surface area (Å²) in [6, 6.07) is 15.6. The van der Waals surface area contributed by atoms with Crippen LogP contribution >= 0.6 is 11.6 Å². The van der Waals surface area contributed by atoms with Crippen LogP contribution in [0.1, 0.15) is 31.8 Å². The molecule has 50 heavy (non-hydrogen) atoms. The minimum absolute atomic E-state index is 0.0140. The molecule has 6 rings (SSSR count). The Bertz CT molecular complexity index is 2530. The maximum absolute atomic E-state index is 13.6. The molecule has 17 nitrogen and oxygen atoms in total. The molecular formula is C29H19ClN7O10S3-. The van der Waals surface area contributed by atoms with Crippen molar-refractivity contribution in [3.63, 3.8) is 0 Å². The van der Waals surface area contributed by atoms with Gasteiger partial charge in [0, 0.05) is 21.7 Å². The quantitative estimate of drug-likeness (QED) is 0.0694. The lowest BCUT2D eigenvalue weighted by Gasteiger charge is -2.24. The average molecular weight is 757 g/mol. The largest absolute Gasteiger partial charge is 0.768 e. The summed E-state index contributed by atoms with van der Waals surface area (Å²) in [5.74, 6) is -2.10. The van der Waals surface area contributed by atoms with E-state index in [0.717, 1.165) is 18.2 Å². The molecule has 7 N–H and O–H groups in total. The molecule has 1 heterocycles. The number of nitrogens with zero attached hydrogens (tertiary/aromatic N) is 3. The molecule has 0 saturated heterocycles. The fourth-order valence-corrected chi connectivity index (χ4v) is 7.06. The highest BCUT2D eigenvalue weighted by Gasteiger charge is 2.36. The first-order valence-electron chi connectivity index (χ1n) is 13.7. The number of aromatic nitrogens is 3. The maximum atomic E-state index is 13.6. The predicted octanol–water partition coefficient (Wildman–Crippen LogP) is 3.84. The van der Waals surface area contributed by atoms with Gasteiger partial charge in [0.25, 0.3) is 20.2 Å². The number of anilines is 7. The topological polar surface area (TPSA) is 284 Å². The van der Waals surface area contributed by atoms with Gasteiger partial charge in [-0.15, -0.1) is 0 Å². The van der Waals surface area contributed by atoms with Crippen LogP contribution in [0.5, 0.6) is 0 Å². The van der Waals surface area contributed by atoms with E-state index in [1.807, 2.05) is 0 Å². The van der Waals surface area contributed by atoms with Gasteiger partial charge < -0.3 is 26.2 Å². The highest BCUT2D eigenvalue weighted by Crippen LogP contribution is 2.40. The number of benzene rings is 4. The standard InChI is InChI=1S/C29H20ClN7O10S3/c30-27-35-28(33-16-7-3-4-8-19(16)48(40)41)37-29(36-27)34-17-10-9-13(11-20(17)49(42,43)44)32-18-12-21(50(45,46)47)24(31)23-22(18)25(38)14-5-1-2-6-15(14)26(23)39/h1-12,32H,31H2,(H,40,41)(H,42,43,44)(H,45,46,47)(H2,33,34,35,36,37)/p-1. The van der Waals surface area contributed by atoms with Crippen molar-refractivity contribution >= 4 is 94.8 Å². The molecule has 1 aromatic heterocycles. The second-order valence-corrected chi connectivity index (χ2v) is 14.3. The second-order valence-electron chi connectivity index (χ2n) is 10.3. The van der Waals surface area contributed by atoms with Crippen LogP contribution in [0, 0.1) is 0 Å². The van der Waals surface area contributed by atoms with Crippen molar-refractivity contribution in [3.8, 4) is 0 Å². The third kappa shape index (κ3) is 6.63. The minimum atomic E-state index is -5.05. The molecule has 0 bridgehead atoms. The summed E-state index contributed by atoms with van der Waals surface area (Å²) < 4.78 is 92.8. The molecule has 4 aromatic carbocycles. The SMILES string of the molecule is Nc1c(S(=O)(=O)O)cc(Nc2ccc(Nc3nc(Cl)nc(Nc4ccccc4S(=O)[O-])n3)c(S(=O)(=O)O)c2)c2c1C(=O)c1ccccc1C2=O. The van der Waals surface area contributed by atoms with E-state index in [4.69, 9.17) is 17.3 Å². The monoisotopic (exact) mass is 756 g/mol. The van der Waals surface area contributed by atoms with Crippen LogP contribution in [0.3, 0.4) is 0 Å². The van der Waals surface area contributed by atoms with Gasteiger partial charge >= 0.3 is 0 Å². The normalized spacial score (nSPS) is 13.3. The highest BCUT2D eigenvalue weighted by atomic mass is 35.5. The summed E-state index contributed by atoms with van der Waals surface area (Å²) in [5, 5.41) is 7.56. The van der Waals surface area contributed by atoms with Crippen LogP contribution < -0.4 is 21.7 Å². The summed E-state index contributed by atoms with van der Waals surface area (Å²) in [6.45, 7) is 0. The van der Waals surface area contributed by atoms with Gasteiger partial charge in [-0.1, -0.05) is 36.4 Å². The Hall–Kier alpha value is -5.35. The van der Waals surface area contributed by atoms with E-state index < -0.39 is 63.9 Å². The summed E-state index contributed by atoms with van der Waals surface area (Å²) in [6.07, 6.45) is 0. The number of rotatable bonds is 9. The fourth-order valence-electron chi connectivity index (χ4n) is 5.10. The van der Waals surface area contributed by atoms with E-state index >= 15 is 0 Å². The first-order valence-corrected chi connectivity index (χ1v) is 18.0. The van der Waals surface area contributed by atoms with E-state index in [-0.39, 0.29) is 61.5 Å². The molecule has 0 radical (unpaired) electrons. The van der Waals surface area contributed by atoms with E-state index in [0.29, 0.717) is 0 Å². The smallest absolute Gasteiger partial charge is 0.296 e. The zero-order chi connectivity index (χ0) is 36.1.